The van der Waals surface area contributed by atoms with Crippen molar-refractivity contribution < 1.29 is 8.78 Å². The maximum Gasteiger partial charge on any atom is 0.129 e. The van der Waals surface area contributed by atoms with E-state index >= 15 is 0 Å². The quantitative estimate of drug-likeness (QED) is 0.862. The van der Waals surface area contributed by atoms with Gasteiger partial charge in [0.15, 0.2) is 0 Å². The molecular formula is C14H11BrClF2N. The normalized spacial score (nSPS) is 12.5. The van der Waals surface area contributed by atoms with Crippen LogP contribution in [0.3, 0.4) is 0 Å². The van der Waals surface area contributed by atoms with E-state index in [0.29, 0.717) is 5.02 Å². The maximum atomic E-state index is 13.6. The lowest BCUT2D eigenvalue weighted by Gasteiger charge is -2.14. The lowest BCUT2D eigenvalue weighted by Crippen LogP contribution is -2.15. The highest BCUT2D eigenvalue weighted by Gasteiger charge is 2.15. The molecular weight excluding hydrogens is 336 g/mol. The zero-order valence-corrected chi connectivity index (χ0v) is 12.2. The van der Waals surface area contributed by atoms with Gasteiger partial charge in [-0.2, -0.15) is 0 Å². The third-order valence-electron chi connectivity index (χ3n) is 2.80. The lowest BCUT2D eigenvalue weighted by atomic mass is 9.99. The van der Waals surface area contributed by atoms with Gasteiger partial charge in [-0.1, -0.05) is 33.6 Å². The summed E-state index contributed by atoms with van der Waals surface area (Å²) in [7, 11) is 0. The number of rotatable bonds is 3. The van der Waals surface area contributed by atoms with Crippen LogP contribution < -0.4 is 5.73 Å². The number of halogens is 4. The van der Waals surface area contributed by atoms with Crippen LogP contribution in [-0.4, -0.2) is 0 Å². The SMILES string of the molecule is NC(Cc1c(F)cccc1F)c1cc(Cl)cc(Br)c1. The average molecular weight is 347 g/mol. The number of nitrogens with two attached hydrogens (primary N) is 1. The van der Waals surface area contributed by atoms with Crippen molar-refractivity contribution in [1.29, 1.82) is 0 Å². The molecule has 1 atom stereocenters. The third kappa shape index (κ3) is 3.53. The van der Waals surface area contributed by atoms with E-state index < -0.39 is 17.7 Å². The molecule has 0 aliphatic rings. The first-order chi connectivity index (χ1) is 8.97. The minimum absolute atomic E-state index is 0.00824. The second-order valence-corrected chi connectivity index (χ2v) is 5.57. The largest absolute Gasteiger partial charge is 0.324 e. The van der Waals surface area contributed by atoms with Gasteiger partial charge in [-0.25, -0.2) is 8.78 Å². The number of hydrogen-bond acceptors (Lipinski definition) is 1. The van der Waals surface area contributed by atoms with E-state index in [1.54, 1.807) is 18.2 Å². The highest BCUT2D eigenvalue weighted by molar-refractivity contribution is 9.10. The molecule has 0 aliphatic heterocycles. The van der Waals surface area contributed by atoms with Gasteiger partial charge in [0.2, 0.25) is 0 Å². The molecule has 19 heavy (non-hydrogen) atoms. The van der Waals surface area contributed by atoms with Gasteiger partial charge in [0, 0.05) is 21.1 Å². The Balaban J connectivity index is 2.28. The number of hydrogen-bond donors (Lipinski definition) is 1. The summed E-state index contributed by atoms with van der Waals surface area (Å²) in [4.78, 5) is 0. The van der Waals surface area contributed by atoms with E-state index in [4.69, 9.17) is 17.3 Å². The Morgan fingerprint density at radius 1 is 1.16 bits per heavy atom. The highest BCUT2D eigenvalue weighted by atomic mass is 79.9. The molecule has 0 fully saturated rings. The summed E-state index contributed by atoms with van der Waals surface area (Å²) < 4.78 is 27.9. The van der Waals surface area contributed by atoms with Gasteiger partial charge in [-0.3, -0.25) is 0 Å². The molecule has 0 amide bonds. The zero-order chi connectivity index (χ0) is 14.0. The van der Waals surface area contributed by atoms with Gasteiger partial charge < -0.3 is 5.73 Å². The molecule has 2 aromatic rings. The van der Waals surface area contributed by atoms with E-state index in [1.165, 1.54) is 18.2 Å². The highest BCUT2D eigenvalue weighted by Crippen LogP contribution is 2.26. The maximum absolute atomic E-state index is 13.6. The van der Waals surface area contributed by atoms with Crippen LogP contribution in [0.1, 0.15) is 17.2 Å². The minimum atomic E-state index is -0.587. The smallest absolute Gasteiger partial charge is 0.129 e. The Labute approximate surface area is 123 Å². The molecule has 2 rings (SSSR count). The van der Waals surface area contributed by atoms with E-state index in [2.05, 4.69) is 15.9 Å². The van der Waals surface area contributed by atoms with E-state index in [0.717, 1.165) is 10.0 Å². The molecule has 0 radical (unpaired) electrons. The van der Waals surface area contributed by atoms with Crippen LogP contribution in [0.4, 0.5) is 8.78 Å². The van der Waals surface area contributed by atoms with Crippen LogP contribution in [0, 0.1) is 11.6 Å². The van der Waals surface area contributed by atoms with Gasteiger partial charge >= 0.3 is 0 Å². The molecule has 2 aromatic carbocycles. The van der Waals surface area contributed by atoms with Crippen molar-refractivity contribution in [2.75, 3.05) is 0 Å². The van der Waals surface area contributed by atoms with Crippen molar-refractivity contribution in [3.63, 3.8) is 0 Å². The van der Waals surface area contributed by atoms with Crippen LogP contribution in [0.15, 0.2) is 40.9 Å². The third-order valence-corrected chi connectivity index (χ3v) is 3.47. The average Bonchev–Trinajstić information content (AvgIpc) is 2.32. The van der Waals surface area contributed by atoms with Gasteiger partial charge in [0.1, 0.15) is 11.6 Å². The molecule has 0 saturated carbocycles. The van der Waals surface area contributed by atoms with Crippen molar-refractivity contribution in [3.8, 4) is 0 Å². The van der Waals surface area contributed by atoms with Gasteiger partial charge in [-0.15, -0.1) is 0 Å². The van der Waals surface area contributed by atoms with E-state index in [1.807, 2.05) is 0 Å². The Morgan fingerprint density at radius 3 is 2.37 bits per heavy atom. The standard InChI is InChI=1S/C14H11BrClF2N/c15-9-4-8(5-10(16)6-9)14(19)7-11-12(17)2-1-3-13(11)18/h1-6,14H,7,19H2. The number of benzene rings is 2. The molecule has 0 heterocycles. The van der Waals surface area contributed by atoms with Gasteiger partial charge in [-0.05, 0) is 42.3 Å². The minimum Gasteiger partial charge on any atom is -0.324 e. The predicted octanol–water partition coefficient (Wildman–Crippen LogP) is 4.62. The van der Waals surface area contributed by atoms with Crippen LogP contribution in [0.2, 0.25) is 5.02 Å². The summed E-state index contributed by atoms with van der Waals surface area (Å²) in [5.41, 5.74) is 6.71. The second kappa shape index (κ2) is 5.99. The monoisotopic (exact) mass is 345 g/mol. The van der Waals surface area contributed by atoms with Gasteiger partial charge in [0.05, 0.1) is 0 Å². The molecule has 0 aliphatic carbocycles. The lowest BCUT2D eigenvalue weighted by molar-refractivity contribution is 0.540. The molecule has 0 aromatic heterocycles. The van der Waals surface area contributed by atoms with Crippen LogP contribution in [-0.2, 0) is 6.42 Å². The summed E-state index contributed by atoms with van der Waals surface area (Å²) in [5, 5.41) is 0.522. The second-order valence-electron chi connectivity index (χ2n) is 4.21. The van der Waals surface area contributed by atoms with Crippen molar-refractivity contribution in [1.82, 2.24) is 0 Å². The Morgan fingerprint density at radius 2 is 1.79 bits per heavy atom. The molecule has 1 nitrogen and oxygen atoms in total. The van der Waals surface area contributed by atoms with E-state index in [9.17, 15) is 8.78 Å². The van der Waals surface area contributed by atoms with Crippen molar-refractivity contribution in [2.24, 2.45) is 5.73 Å². The Bertz CT molecular complexity index is 563. The van der Waals surface area contributed by atoms with Crippen molar-refractivity contribution in [2.45, 2.75) is 12.5 Å². The van der Waals surface area contributed by atoms with E-state index in [-0.39, 0.29) is 12.0 Å². The zero-order valence-electron chi connectivity index (χ0n) is 9.84. The molecule has 0 saturated heterocycles. The summed E-state index contributed by atoms with van der Waals surface area (Å²) in [5.74, 6) is -1.17. The molecule has 100 valence electrons. The Hall–Kier alpha value is -0.970. The van der Waals surface area contributed by atoms with Crippen molar-refractivity contribution in [3.05, 3.63) is 68.7 Å². The molecule has 0 bridgehead atoms. The summed E-state index contributed by atoms with van der Waals surface area (Å²) in [6.07, 6.45) is 0.0747. The first-order valence-electron chi connectivity index (χ1n) is 5.62. The summed E-state index contributed by atoms with van der Waals surface area (Å²) in [6.45, 7) is 0. The summed E-state index contributed by atoms with van der Waals surface area (Å²) >= 11 is 9.23. The van der Waals surface area contributed by atoms with Crippen LogP contribution in [0.5, 0.6) is 0 Å². The van der Waals surface area contributed by atoms with Crippen LogP contribution in [0.25, 0.3) is 0 Å². The molecule has 5 heteroatoms. The topological polar surface area (TPSA) is 26.0 Å². The Kier molecular flexibility index (Phi) is 4.55. The van der Waals surface area contributed by atoms with Crippen molar-refractivity contribution >= 4 is 27.5 Å². The van der Waals surface area contributed by atoms with Gasteiger partial charge in [0.25, 0.3) is 0 Å². The first kappa shape index (κ1) is 14.4. The fourth-order valence-corrected chi connectivity index (χ4v) is 2.74. The fraction of sp³-hybridized carbons (Fsp3) is 0.143. The predicted molar refractivity (Wildman–Crippen MR) is 76.1 cm³/mol. The summed E-state index contributed by atoms with van der Waals surface area (Å²) in [6, 6.07) is 8.45. The molecule has 2 N–H and O–H groups in total. The molecule has 1 unspecified atom stereocenters. The van der Waals surface area contributed by atoms with Crippen LogP contribution >= 0.6 is 27.5 Å². The first-order valence-corrected chi connectivity index (χ1v) is 6.79. The fourth-order valence-electron chi connectivity index (χ4n) is 1.85. The molecule has 0 spiro atoms.